The van der Waals surface area contributed by atoms with E-state index in [4.69, 9.17) is 0 Å². The molecule has 4 heteroatoms. The van der Waals surface area contributed by atoms with Gasteiger partial charge in [0.05, 0.1) is 6.42 Å². The fourth-order valence-corrected chi connectivity index (χ4v) is 4.38. The van der Waals surface area contributed by atoms with Crippen LogP contribution in [0.1, 0.15) is 55.3 Å². The molecule has 1 heterocycles. The fraction of sp³-hybridized carbons (Fsp3) is 0.591. The van der Waals surface area contributed by atoms with Crippen molar-refractivity contribution in [2.45, 2.75) is 64.3 Å². The van der Waals surface area contributed by atoms with Gasteiger partial charge in [-0.25, -0.2) is 0 Å². The molecule has 3 rings (SSSR count). The van der Waals surface area contributed by atoms with Crippen molar-refractivity contribution in [3.8, 4) is 0 Å². The van der Waals surface area contributed by atoms with E-state index in [1.54, 1.807) is 0 Å². The number of aromatic nitrogens is 1. The summed E-state index contributed by atoms with van der Waals surface area (Å²) in [7, 11) is 4.31. The maximum absolute atomic E-state index is 12.7. The summed E-state index contributed by atoms with van der Waals surface area (Å²) < 4.78 is 0. The van der Waals surface area contributed by atoms with Gasteiger partial charge < -0.3 is 15.2 Å². The maximum Gasteiger partial charge on any atom is 0.224 e. The fourth-order valence-electron chi connectivity index (χ4n) is 4.38. The predicted molar refractivity (Wildman–Crippen MR) is 109 cm³/mol. The minimum atomic E-state index is 0.109. The summed E-state index contributed by atoms with van der Waals surface area (Å²) in [4.78, 5) is 18.5. The first-order valence-electron chi connectivity index (χ1n) is 9.93. The molecule has 26 heavy (non-hydrogen) atoms. The molecule has 0 aliphatic heterocycles. The molecule has 1 aromatic carbocycles. The van der Waals surface area contributed by atoms with Crippen LogP contribution in [0.5, 0.6) is 0 Å². The van der Waals surface area contributed by atoms with Crippen LogP contribution in [-0.2, 0) is 11.2 Å². The number of rotatable bonds is 5. The summed E-state index contributed by atoms with van der Waals surface area (Å²) in [6.07, 6.45) is 7.94. The molecule has 142 valence electrons. The number of fused-ring (bicyclic) bond motifs is 1. The first kappa shape index (κ1) is 19.0. The highest BCUT2D eigenvalue weighted by atomic mass is 16.1. The molecule has 2 aromatic rings. The first-order valence-corrected chi connectivity index (χ1v) is 9.93. The number of nitrogens with zero attached hydrogens (tertiary/aromatic N) is 1. The first-order chi connectivity index (χ1) is 12.4. The van der Waals surface area contributed by atoms with Gasteiger partial charge in [0.15, 0.2) is 0 Å². The molecule has 2 N–H and O–H groups in total. The van der Waals surface area contributed by atoms with Gasteiger partial charge in [-0.1, -0.05) is 37.3 Å². The number of hydrogen-bond donors (Lipinski definition) is 2. The molecule has 1 aliphatic rings. The summed E-state index contributed by atoms with van der Waals surface area (Å²) in [5.41, 5.74) is 4.67. The molecule has 1 aromatic heterocycles. The highest BCUT2D eigenvalue weighted by Crippen LogP contribution is 2.30. The number of benzene rings is 1. The van der Waals surface area contributed by atoms with Crippen LogP contribution in [0.2, 0.25) is 0 Å². The van der Waals surface area contributed by atoms with Gasteiger partial charge >= 0.3 is 0 Å². The van der Waals surface area contributed by atoms with Crippen LogP contribution in [-0.4, -0.2) is 42.0 Å². The van der Waals surface area contributed by atoms with Crippen LogP contribution < -0.4 is 5.32 Å². The Balaban J connectivity index is 1.71. The van der Waals surface area contributed by atoms with Gasteiger partial charge in [-0.05, 0) is 58.5 Å². The van der Waals surface area contributed by atoms with Crippen molar-refractivity contribution in [3.05, 3.63) is 35.0 Å². The number of hydrogen-bond acceptors (Lipinski definition) is 2. The van der Waals surface area contributed by atoms with Crippen LogP contribution in [0.3, 0.4) is 0 Å². The second kappa shape index (κ2) is 7.83. The number of aromatic amines is 1. The van der Waals surface area contributed by atoms with Gasteiger partial charge in [0.1, 0.15) is 0 Å². The largest absolute Gasteiger partial charge is 0.358 e. The van der Waals surface area contributed by atoms with Crippen molar-refractivity contribution in [3.63, 3.8) is 0 Å². The quantitative estimate of drug-likeness (QED) is 0.793. The zero-order valence-electron chi connectivity index (χ0n) is 16.7. The van der Waals surface area contributed by atoms with Gasteiger partial charge in [-0.2, -0.15) is 0 Å². The number of nitrogens with one attached hydrogen (secondary N) is 2. The van der Waals surface area contributed by atoms with Crippen LogP contribution >= 0.6 is 0 Å². The third-order valence-electron chi connectivity index (χ3n) is 6.21. The molecule has 0 bridgehead atoms. The number of amides is 1. The second-order valence-electron chi connectivity index (χ2n) is 8.26. The standard InChI is InChI=1S/C22H33N3O/c1-16-9-10-20-19(13-16)18(17(2)24-20)14-21(26)23-15-22(25(3)4)11-7-5-6-8-12-22/h9-10,13,24H,5-8,11-12,14-15H2,1-4H3,(H,23,26). The van der Waals surface area contributed by atoms with Crippen molar-refractivity contribution in [1.29, 1.82) is 0 Å². The second-order valence-corrected chi connectivity index (χ2v) is 8.26. The van der Waals surface area contributed by atoms with Crippen LogP contribution in [0, 0.1) is 13.8 Å². The molecule has 1 aliphatic carbocycles. The number of aryl methyl sites for hydroxylation is 2. The van der Waals surface area contributed by atoms with Gasteiger partial charge in [-0.15, -0.1) is 0 Å². The van der Waals surface area contributed by atoms with Crippen LogP contribution in [0.15, 0.2) is 18.2 Å². The Bertz CT molecular complexity index is 767. The molecule has 4 nitrogen and oxygen atoms in total. The molecular formula is C22H33N3O. The van der Waals surface area contributed by atoms with E-state index in [2.05, 4.69) is 61.3 Å². The highest BCUT2D eigenvalue weighted by Gasteiger charge is 2.33. The lowest BCUT2D eigenvalue weighted by Gasteiger charge is -2.39. The third kappa shape index (κ3) is 3.96. The minimum Gasteiger partial charge on any atom is -0.358 e. The SMILES string of the molecule is Cc1ccc2[nH]c(C)c(CC(=O)NCC3(N(C)C)CCCCCC3)c2c1. The Morgan fingerprint density at radius 1 is 1.15 bits per heavy atom. The Morgan fingerprint density at radius 2 is 1.85 bits per heavy atom. The lowest BCUT2D eigenvalue weighted by Crippen LogP contribution is -2.52. The molecule has 1 saturated carbocycles. The summed E-state index contributed by atoms with van der Waals surface area (Å²) >= 11 is 0. The van der Waals surface area contributed by atoms with Gasteiger partial charge in [0, 0.05) is 28.7 Å². The molecule has 1 amide bonds. The van der Waals surface area contributed by atoms with Crippen molar-refractivity contribution in [2.24, 2.45) is 0 Å². The highest BCUT2D eigenvalue weighted by molar-refractivity contribution is 5.90. The lowest BCUT2D eigenvalue weighted by molar-refractivity contribution is -0.121. The van der Waals surface area contributed by atoms with E-state index in [0.29, 0.717) is 6.42 Å². The van der Waals surface area contributed by atoms with Gasteiger partial charge in [0.2, 0.25) is 5.91 Å². The topological polar surface area (TPSA) is 48.1 Å². The predicted octanol–water partition coefficient (Wildman–Crippen LogP) is 4.10. The molecule has 0 radical (unpaired) electrons. The number of H-pyrrole nitrogens is 1. The maximum atomic E-state index is 12.7. The van der Waals surface area contributed by atoms with Crippen molar-refractivity contribution in [1.82, 2.24) is 15.2 Å². The van der Waals surface area contributed by atoms with E-state index in [-0.39, 0.29) is 11.4 Å². The van der Waals surface area contributed by atoms with E-state index in [0.717, 1.165) is 23.3 Å². The Morgan fingerprint density at radius 3 is 2.50 bits per heavy atom. The molecular weight excluding hydrogens is 322 g/mol. The van der Waals surface area contributed by atoms with E-state index in [9.17, 15) is 4.79 Å². The number of carbonyl (C=O) groups excluding carboxylic acids is 1. The molecule has 0 saturated heterocycles. The van der Waals surface area contributed by atoms with Gasteiger partial charge in [0.25, 0.3) is 0 Å². The van der Waals surface area contributed by atoms with Gasteiger partial charge in [-0.3, -0.25) is 4.79 Å². The van der Waals surface area contributed by atoms with E-state index >= 15 is 0 Å². The molecule has 1 fully saturated rings. The monoisotopic (exact) mass is 355 g/mol. The zero-order valence-corrected chi connectivity index (χ0v) is 16.7. The minimum absolute atomic E-state index is 0.109. The van der Waals surface area contributed by atoms with Crippen molar-refractivity contribution >= 4 is 16.8 Å². The van der Waals surface area contributed by atoms with E-state index < -0.39 is 0 Å². The molecule has 0 unspecified atom stereocenters. The van der Waals surface area contributed by atoms with E-state index in [1.165, 1.54) is 49.5 Å². The Hall–Kier alpha value is -1.81. The smallest absolute Gasteiger partial charge is 0.224 e. The van der Waals surface area contributed by atoms with Crippen LogP contribution in [0.4, 0.5) is 0 Å². The summed E-state index contributed by atoms with van der Waals surface area (Å²) in [6.45, 7) is 4.91. The average Bonchev–Trinajstić information content (AvgIpc) is 2.78. The Labute approximate surface area is 157 Å². The summed E-state index contributed by atoms with van der Waals surface area (Å²) in [6, 6.07) is 6.38. The average molecular weight is 356 g/mol. The van der Waals surface area contributed by atoms with Crippen molar-refractivity contribution in [2.75, 3.05) is 20.6 Å². The summed E-state index contributed by atoms with van der Waals surface area (Å²) in [5.74, 6) is 0.126. The Kier molecular flexibility index (Phi) is 5.71. The lowest BCUT2D eigenvalue weighted by atomic mass is 9.88. The molecule has 0 atom stereocenters. The van der Waals surface area contributed by atoms with E-state index in [1.807, 2.05) is 0 Å². The number of likely N-dealkylation sites (N-methyl/N-ethyl adjacent to an activating group) is 1. The third-order valence-corrected chi connectivity index (χ3v) is 6.21. The zero-order chi connectivity index (χ0) is 18.7. The normalized spacial score (nSPS) is 17.4. The summed E-state index contributed by atoms with van der Waals surface area (Å²) in [5, 5.41) is 4.43. The number of carbonyl (C=O) groups is 1. The molecule has 0 spiro atoms. The van der Waals surface area contributed by atoms with Crippen molar-refractivity contribution < 1.29 is 4.79 Å². The van der Waals surface area contributed by atoms with Crippen LogP contribution in [0.25, 0.3) is 10.9 Å².